The van der Waals surface area contributed by atoms with E-state index in [1.54, 1.807) is 36.1 Å². The van der Waals surface area contributed by atoms with Crippen molar-refractivity contribution in [3.8, 4) is 0 Å². The van der Waals surface area contributed by atoms with Crippen LogP contribution in [0.4, 0.5) is 13.2 Å². The Morgan fingerprint density at radius 1 is 1.03 bits per heavy atom. The van der Waals surface area contributed by atoms with Crippen LogP contribution in [0.25, 0.3) is 11.0 Å². The van der Waals surface area contributed by atoms with E-state index in [2.05, 4.69) is 9.97 Å². The van der Waals surface area contributed by atoms with Crippen molar-refractivity contribution >= 4 is 16.9 Å². The van der Waals surface area contributed by atoms with Gasteiger partial charge in [0.25, 0.3) is 5.91 Å². The largest absolute Gasteiger partial charge is 0.416 e. The number of aryl methyl sites for hydroxylation is 2. The Morgan fingerprint density at radius 3 is 2.33 bits per heavy atom. The Kier molecular flexibility index (Phi) is 5.00. The summed E-state index contributed by atoms with van der Waals surface area (Å²) in [7, 11) is 0. The molecule has 0 saturated heterocycles. The second-order valence-corrected chi connectivity index (χ2v) is 7.84. The van der Waals surface area contributed by atoms with Gasteiger partial charge in [0.15, 0.2) is 0 Å². The molecular weight excluding hydrogens is 391 g/mol. The van der Waals surface area contributed by atoms with Crippen molar-refractivity contribution in [2.45, 2.75) is 51.9 Å². The zero-order valence-electron chi connectivity index (χ0n) is 17.0. The van der Waals surface area contributed by atoms with Crippen molar-refractivity contribution < 1.29 is 18.0 Å². The molecule has 2 aromatic carbocycles. The molecule has 0 spiro atoms. The summed E-state index contributed by atoms with van der Waals surface area (Å²) in [6, 6.07) is 9.95. The lowest BCUT2D eigenvalue weighted by molar-refractivity contribution is -0.137. The first-order valence-corrected chi connectivity index (χ1v) is 9.90. The molecule has 4 rings (SSSR count). The van der Waals surface area contributed by atoms with E-state index in [9.17, 15) is 18.0 Å². The standard InChI is InChI=1S/C23H22F3N3O/c1-13-14(2)28-21-12-17(7-10-20(21)27-13)22(30)29(19-8-9-19)15(3)16-5-4-6-18(11-16)23(24,25)26/h4-7,10-12,15,19H,8-9H2,1-3H3. The number of rotatable bonds is 4. The summed E-state index contributed by atoms with van der Waals surface area (Å²) in [5.41, 5.74) is 3.19. The van der Waals surface area contributed by atoms with E-state index in [0.29, 0.717) is 22.2 Å². The normalized spacial score (nSPS) is 15.3. The number of carbonyl (C=O) groups excluding carboxylic acids is 1. The molecule has 1 atom stereocenters. The molecule has 0 radical (unpaired) electrons. The van der Waals surface area contributed by atoms with E-state index >= 15 is 0 Å². The van der Waals surface area contributed by atoms with Gasteiger partial charge in [-0.15, -0.1) is 0 Å². The molecule has 3 aromatic rings. The molecule has 0 aliphatic heterocycles. The van der Waals surface area contributed by atoms with Gasteiger partial charge in [-0.2, -0.15) is 13.2 Å². The van der Waals surface area contributed by atoms with Gasteiger partial charge in [0.05, 0.1) is 34.0 Å². The highest BCUT2D eigenvalue weighted by molar-refractivity contribution is 5.97. The van der Waals surface area contributed by atoms with Crippen molar-refractivity contribution in [3.63, 3.8) is 0 Å². The lowest BCUT2D eigenvalue weighted by Crippen LogP contribution is -2.35. The van der Waals surface area contributed by atoms with Crippen LogP contribution in [0.2, 0.25) is 0 Å². The number of carbonyl (C=O) groups is 1. The van der Waals surface area contributed by atoms with E-state index in [4.69, 9.17) is 0 Å². The third-order valence-corrected chi connectivity index (χ3v) is 5.61. The monoisotopic (exact) mass is 413 g/mol. The quantitative estimate of drug-likeness (QED) is 0.557. The van der Waals surface area contributed by atoms with Gasteiger partial charge in [0, 0.05) is 11.6 Å². The topological polar surface area (TPSA) is 46.1 Å². The maximum Gasteiger partial charge on any atom is 0.416 e. The number of aromatic nitrogens is 2. The molecule has 1 unspecified atom stereocenters. The highest BCUT2D eigenvalue weighted by Gasteiger charge is 2.38. The number of halogens is 3. The lowest BCUT2D eigenvalue weighted by Gasteiger charge is -2.30. The van der Waals surface area contributed by atoms with Gasteiger partial charge in [0.1, 0.15) is 0 Å². The van der Waals surface area contributed by atoms with E-state index in [0.717, 1.165) is 36.4 Å². The van der Waals surface area contributed by atoms with Crippen LogP contribution in [-0.4, -0.2) is 26.8 Å². The number of benzene rings is 2. The zero-order valence-corrected chi connectivity index (χ0v) is 17.0. The highest BCUT2D eigenvalue weighted by Crippen LogP contribution is 2.37. The van der Waals surface area contributed by atoms with Crippen molar-refractivity contribution in [3.05, 3.63) is 70.5 Å². The summed E-state index contributed by atoms with van der Waals surface area (Å²) in [5, 5.41) is 0. The van der Waals surface area contributed by atoms with Gasteiger partial charge in [-0.3, -0.25) is 4.79 Å². The van der Waals surface area contributed by atoms with E-state index in [1.807, 2.05) is 13.8 Å². The molecule has 1 heterocycles. The summed E-state index contributed by atoms with van der Waals surface area (Å²) >= 11 is 0. The summed E-state index contributed by atoms with van der Waals surface area (Å²) in [6.45, 7) is 5.52. The molecule has 4 nitrogen and oxygen atoms in total. The first kappa shape index (κ1) is 20.3. The molecule has 1 aliphatic carbocycles. The van der Waals surface area contributed by atoms with Crippen LogP contribution in [0.3, 0.4) is 0 Å². The summed E-state index contributed by atoms with van der Waals surface area (Å²) in [5.74, 6) is -0.204. The molecule has 30 heavy (non-hydrogen) atoms. The van der Waals surface area contributed by atoms with E-state index in [1.165, 1.54) is 6.07 Å². The summed E-state index contributed by atoms with van der Waals surface area (Å²) in [4.78, 5) is 24.1. The van der Waals surface area contributed by atoms with Gasteiger partial charge >= 0.3 is 6.18 Å². The highest BCUT2D eigenvalue weighted by atomic mass is 19.4. The first-order chi connectivity index (χ1) is 14.1. The van der Waals surface area contributed by atoms with Crippen LogP contribution in [0.5, 0.6) is 0 Å². The fourth-order valence-corrected chi connectivity index (χ4v) is 3.66. The maximum absolute atomic E-state index is 13.4. The van der Waals surface area contributed by atoms with Crippen molar-refractivity contribution in [2.75, 3.05) is 0 Å². The van der Waals surface area contributed by atoms with Crippen LogP contribution in [0, 0.1) is 13.8 Å². The molecule has 1 aromatic heterocycles. The molecule has 1 amide bonds. The predicted molar refractivity (Wildman–Crippen MR) is 108 cm³/mol. The molecule has 1 saturated carbocycles. The summed E-state index contributed by atoms with van der Waals surface area (Å²) in [6.07, 6.45) is -2.72. The smallest absolute Gasteiger partial charge is 0.329 e. The van der Waals surface area contributed by atoms with E-state index < -0.39 is 17.8 Å². The fourth-order valence-electron chi connectivity index (χ4n) is 3.66. The second-order valence-electron chi connectivity index (χ2n) is 7.84. The third-order valence-electron chi connectivity index (χ3n) is 5.61. The first-order valence-electron chi connectivity index (χ1n) is 9.90. The average molecular weight is 413 g/mol. The van der Waals surface area contributed by atoms with Gasteiger partial charge in [-0.25, -0.2) is 9.97 Å². The molecule has 0 bridgehead atoms. The van der Waals surface area contributed by atoms with Crippen LogP contribution in [0.1, 0.15) is 58.7 Å². The maximum atomic E-state index is 13.4. The number of hydrogen-bond donors (Lipinski definition) is 0. The van der Waals surface area contributed by atoms with Gasteiger partial charge in [-0.1, -0.05) is 12.1 Å². The van der Waals surface area contributed by atoms with Crippen molar-refractivity contribution in [2.24, 2.45) is 0 Å². The minimum atomic E-state index is -4.42. The Morgan fingerprint density at radius 2 is 1.70 bits per heavy atom. The predicted octanol–water partition coefficient (Wildman–Crippen LogP) is 5.63. The van der Waals surface area contributed by atoms with Crippen molar-refractivity contribution in [1.29, 1.82) is 0 Å². The molecule has 156 valence electrons. The number of fused-ring (bicyclic) bond motifs is 1. The van der Waals surface area contributed by atoms with Gasteiger partial charge < -0.3 is 4.90 Å². The fraction of sp³-hybridized carbons (Fsp3) is 0.348. The average Bonchev–Trinajstić information content (AvgIpc) is 3.53. The Balaban J connectivity index is 1.69. The third kappa shape index (κ3) is 3.88. The van der Waals surface area contributed by atoms with Crippen LogP contribution < -0.4 is 0 Å². The van der Waals surface area contributed by atoms with Crippen molar-refractivity contribution in [1.82, 2.24) is 14.9 Å². The second kappa shape index (κ2) is 7.38. The summed E-state index contributed by atoms with van der Waals surface area (Å²) < 4.78 is 39.4. The minimum absolute atomic E-state index is 0.0311. The number of alkyl halides is 3. The van der Waals surface area contributed by atoms with Gasteiger partial charge in [-0.05, 0) is 69.5 Å². The Hall–Kier alpha value is -2.96. The van der Waals surface area contributed by atoms with Crippen LogP contribution in [-0.2, 0) is 6.18 Å². The lowest BCUT2D eigenvalue weighted by atomic mass is 10.0. The van der Waals surface area contributed by atoms with Crippen LogP contribution >= 0.6 is 0 Å². The molecular formula is C23H22F3N3O. The SMILES string of the molecule is Cc1nc2ccc(C(=O)N(C3CC3)C(C)c3cccc(C(F)(F)F)c3)cc2nc1C. The molecule has 7 heteroatoms. The van der Waals surface area contributed by atoms with Crippen LogP contribution in [0.15, 0.2) is 42.5 Å². The zero-order chi connectivity index (χ0) is 21.6. The molecule has 0 N–H and O–H groups in total. The Labute approximate surface area is 172 Å². The Bertz CT molecular complexity index is 1120. The number of amides is 1. The molecule has 1 aliphatic rings. The van der Waals surface area contributed by atoms with E-state index in [-0.39, 0.29) is 11.9 Å². The molecule has 1 fully saturated rings. The minimum Gasteiger partial charge on any atom is -0.329 e. The number of nitrogens with zero attached hydrogens (tertiary/aromatic N) is 3. The number of hydrogen-bond acceptors (Lipinski definition) is 3. The van der Waals surface area contributed by atoms with Gasteiger partial charge in [0.2, 0.25) is 0 Å².